The van der Waals surface area contributed by atoms with Gasteiger partial charge in [0.15, 0.2) is 5.78 Å². The first-order valence-corrected chi connectivity index (χ1v) is 6.22. The first-order chi connectivity index (χ1) is 8.03. The Morgan fingerprint density at radius 3 is 2.11 bits per heavy atom. The Bertz CT molecular complexity index is 290. The summed E-state index contributed by atoms with van der Waals surface area (Å²) in [5.74, 6) is 0.597. The van der Waals surface area contributed by atoms with Crippen molar-refractivity contribution >= 4 is 11.9 Å². The van der Waals surface area contributed by atoms with E-state index in [1.165, 1.54) is 0 Å². The molecule has 0 saturated heterocycles. The number of rotatable bonds is 5. The van der Waals surface area contributed by atoms with Gasteiger partial charge in [-0.3, -0.25) is 4.79 Å². The fraction of sp³-hybridized carbons (Fsp3) is 0.714. The number of hydrogen-bond acceptors (Lipinski definition) is 3. The smallest absolute Gasteiger partial charge is 0.408 e. The van der Waals surface area contributed by atoms with E-state index >= 15 is 0 Å². The Hall–Kier alpha value is -1.06. The second kappa shape index (κ2) is 6.76. The van der Waals surface area contributed by atoms with E-state index in [1.807, 2.05) is 13.8 Å². The quantitative estimate of drug-likeness (QED) is 0.821. The van der Waals surface area contributed by atoms with Crippen molar-refractivity contribution in [1.29, 1.82) is 0 Å². The van der Waals surface area contributed by atoms with Gasteiger partial charge in [0, 0.05) is 5.92 Å². The highest BCUT2D eigenvalue weighted by atomic mass is 16.6. The molecule has 0 fully saturated rings. The van der Waals surface area contributed by atoms with Crippen molar-refractivity contribution in [3.8, 4) is 0 Å². The van der Waals surface area contributed by atoms with Gasteiger partial charge in [-0.25, -0.2) is 4.79 Å². The summed E-state index contributed by atoms with van der Waals surface area (Å²) < 4.78 is 5.15. The van der Waals surface area contributed by atoms with Gasteiger partial charge in [0.2, 0.25) is 0 Å². The van der Waals surface area contributed by atoms with Crippen molar-refractivity contribution in [3.05, 3.63) is 12.8 Å². The monoisotopic (exact) mass is 255 g/mol. The Kier molecular flexibility index (Phi) is 6.36. The highest BCUT2D eigenvalue weighted by Crippen LogP contribution is 2.13. The summed E-state index contributed by atoms with van der Waals surface area (Å²) in [6.07, 6.45) is 0.00744. The molecule has 104 valence electrons. The van der Waals surface area contributed by atoms with Crippen LogP contribution in [0.3, 0.4) is 0 Å². The first kappa shape index (κ1) is 16.9. The van der Waals surface area contributed by atoms with E-state index in [9.17, 15) is 9.59 Å². The normalized spacial score (nSPS) is 13.6. The fourth-order valence-corrected chi connectivity index (χ4v) is 1.45. The lowest BCUT2D eigenvalue weighted by Gasteiger charge is -2.24. The molecule has 0 aromatic heterocycles. The predicted molar refractivity (Wildman–Crippen MR) is 71.9 cm³/mol. The molecule has 1 atom stereocenters. The second-order valence-electron chi connectivity index (χ2n) is 5.97. The summed E-state index contributed by atoms with van der Waals surface area (Å²) in [7, 11) is 0. The predicted octanol–water partition coefficient (Wildman–Crippen LogP) is 2.92. The number of amides is 1. The third-order valence-electron chi connectivity index (χ3n) is 2.14. The van der Waals surface area contributed by atoms with Crippen LogP contribution in [-0.4, -0.2) is 23.5 Å². The number of alkyl carbamates (subject to hydrolysis) is 1. The molecule has 0 aliphatic rings. The van der Waals surface area contributed by atoms with Crippen molar-refractivity contribution in [1.82, 2.24) is 5.32 Å². The van der Waals surface area contributed by atoms with Crippen molar-refractivity contribution < 1.29 is 14.3 Å². The minimum Gasteiger partial charge on any atom is -0.444 e. The molecule has 0 aliphatic carbocycles. The highest BCUT2D eigenvalue weighted by molar-refractivity contribution is 5.98. The molecule has 2 radical (unpaired) electrons. The molecule has 0 saturated carbocycles. The molecule has 0 aromatic carbocycles. The van der Waals surface area contributed by atoms with Gasteiger partial charge in [-0.05, 0) is 40.0 Å². The van der Waals surface area contributed by atoms with E-state index in [0.29, 0.717) is 18.3 Å². The van der Waals surface area contributed by atoms with Crippen molar-refractivity contribution in [3.63, 3.8) is 0 Å². The van der Waals surface area contributed by atoms with Gasteiger partial charge in [0.1, 0.15) is 5.60 Å². The fourth-order valence-electron chi connectivity index (χ4n) is 1.45. The average molecular weight is 255 g/mol. The number of hydrogen-bond donors (Lipinski definition) is 1. The topological polar surface area (TPSA) is 55.4 Å². The zero-order valence-electron chi connectivity index (χ0n) is 12.3. The van der Waals surface area contributed by atoms with Crippen LogP contribution in [0.25, 0.3) is 0 Å². The van der Waals surface area contributed by atoms with Gasteiger partial charge in [-0.2, -0.15) is 0 Å². The Morgan fingerprint density at radius 2 is 1.78 bits per heavy atom. The van der Waals surface area contributed by atoms with Crippen LogP contribution in [-0.2, 0) is 9.53 Å². The van der Waals surface area contributed by atoms with Crippen LogP contribution < -0.4 is 5.32 Å². The SMILES string of the molecule is [CH2][C](C)C(=O)[C@H](CC(C)C)NC(=O)OC(C)(C)C. The first-order valence-electron chi connectivity index (χ1n) is 6.22. The standard InChI is InChI=1S/C14H25NO3/c1-9(2)8-11(12(16)10(3)4)15-13(17)18-14(5,6)7/h9,11H,3,8H2,1-2,4-7H3,(H,15,17)/t11-/m0/s1. The van der Waals surface area contributed by atoms with Crippen LogP contribution in [0.4, 0.5) is 4.79 Å². The van der Waals surface area contributed by atoms with Gasteiger partial charge in [-0.1, -0.05) is 20.8 Å². The minimum atomic E-state index is -0.571. The van der Waals surface area contributed by atoms with Crippen LogP contribution in [0.1, 0.15) is 48.0 Å². The molecule has 0 bridgehead atoms. The summed E-state index contributed by atoms with van der Waals surface area (Å²) in [6, 6.07) is -0.558. The molecule has 4 heteroatoms. The van der Waals surface area contributed by atoms with Gasteiger partial charge in [0.25, 0.3) is 0 Å². The van der Waals surface area contributed by atoms with E-state index < -0.39 is 17.7 Å². The average Bonchev–Trinajstić information content (AvgIpc) is 2.11. The van der Waals surface area contributed by atoms with Crippen LogP contribution in [0.15, 0.2) is 0 Å². The molecular formula is C14H25NO3. The van der Waals surface area contributed by atoms with Crippen LogP contribution in [0.5, 0.6) is 0 Å². The second-order valence-corrected chi connectivity index (χ2v) is 5.97. The van der Waals surface area contributed by atoms with Crippen LogP contribution >= 0.6 is 0 Å². The Labute approximate surface area is 110 Å². The van der Waals surface area contributed by atoms with E-state index in [-0.39, 0.29) is 5.78 Å². The number of ether oxygens (including phenoxy) is 1. The van der Waals surface area contributed by atoms with Gasteiger partial charge >= 0.3 is 6.09 Å². The Morgan fingerprint density at radius 1 is 1.28 bits per heavy atom. The van der Waals surface area contributed by atoms with Crippen molar-refractivity contribution in [2.45, 2.75) is 59.6 Å². The largest absolute Gasteiger partial charge is 0.444 e. The molecule has 0 rings (SSSR count). The van der Waals surface area contributed by atoms with E-state index in [4.69, 9.17) is 4.74 Å². The van der Waals surface area contributed by atoms with Gasteiger partial charge in [0.05, 0.1) is 6.04 Å². The number of carbonyl (C=O) groups is 2. The van der Waals surface area contributed by atoms with Gasteiger partial charge < -0.3 is 10.1 Å². The molecule has 0 heterocycles. The lowest BCUT2D eigenvalue weighted by molar-refractivity contribution is -0.119. The zero-order chi connectivity index (χ0) is 14.5. The number of ketones is 1. The number of Topliss-reactive ketones (excluding diaryl/α,β-unsaturated/α-hetero) is 1. The molecule has 0 aromatic rings. The molecule has 0 unspecified atom stereocenters. The maximum Gasteiger partial charge on any atom is 0.408 e. The van der Waals surface area contributed by atoms with Crippen LogP contribution in [0.2, 0.25) is 0 Å². The summed E-state index contributed by atoms with van der Waals surface area (Å²) >= 11 is 0. The van der Waals surface area contributed by atoms with E-state index in [0.717, 1.165) is 0 Å². The summed E-state index contributed by atoms with van der Waals surface area (Å²) in [4.78, 5) is 23.6. The molecule has 18 heavy (non-hydrogen) atoms. The third-order valence-corrected chi connectivity index (χ3v) is 2.14. The van der Waals surface area contributed by atoms with Gasteiger partial charge in [-0.15, -0.1) is 0 Å². The summed E-state index contributed by atoms with van der Waals surface area (Å²) in [6.45, 7) is 14.6. The van der Waals surface area contributed by atoms with E-state index in [1.54, 1.807) is 27.7 Å². The maximum atomic E-state index is 11.9. The molecule has 0 spiro atoms. The summed E-state index contributed by atoms with van der Waals surface area (Å²) in [5, 5.41) is 2.61. The van der Waals surface area contributed by atoms with Crippen LogP contribution in [0, 0.1) is 18.8 Å². The van der Waals surface area contributed by atoms with Crippen molar-refractivity contribution in [2.75, 3.05) is 0 Å². The molecule has 4 nitrogen and oxygen atoms in total. The lowest BCUT2D eigenvalue weighted by Crippen LogP contribution is -2.45. The number of nitrogens with one attached hydrogen (secondary N) is 1. The highest BCUT2D eigenvalue weighted by Gasteiger charge is 2.26. The lowest BCUT2D eigenvalue weighted by atomic mass is 9.94. The van der Waals surface area contributed by atoms with Crippen molar-refractivity contribution in [2.24, 2.45) is 5.92 Å². The minimum absolute atomic E-state index is 0.144. The maximum absolute atomic E-state index is 11.9. The number of carbonyl (C=O) groups excluding carboxylic acids is 2. The third kappa shape index (κ3) is 7.30. The summed E-state index contributed by atoms with van der Waals surface area (Å²) in [5.41, 5.74) is -0.571. The molecule has 0 aliphatic heterocycles. The Balaban J connectivity index is 4.60. The van der Waals surface area contributed by atoms with E-state index in [2.05, 4.69) is 12.2 Å². The molecule has 1 amide bonds. The molecule has 1 N–H and O–H groups in total. The zero-order valence-corrected chi connectivity index (χ0v) is 12.3. The molecular weight excluding hydrogens is 230 g/mol.